The maximum Gasteiger partial charge on any atom is 0.253 e. The van der Waals surface area contributed by atoms with Gasteiger partial charge in [-0.05, 0) is 67.6 Å². The minimum absolute atomic E-state index is 0.223. The number of hydrogen-bond acceptors (Lipinski definition) is 2. The number of hydrogen-bond donors (Lipinski definition) is 2. The largest absolute Gasteiger partial charge is 0.398 e. The summed E-state index contributed by atoms with van der Waals surface area (Å²) in [7, 11) is 0. The van der Waals surface area contributed by atoms with E-state index in [1.54, 1.807) is 0 Å². The Bertz CT molecular complexity index is 588. The van der Waals surface area contributed by atoms with Crippen molar-refractivity contribution in [2.45, 2.75) is 38.1 Å². The first-order chi connectivity index (χ1) is 10.1. The molecule has 21 heavy (non-hydrogen) atoms. The van der Waals surface area contributed by atoms with Crippen molar-refractivity contribution in [1.82, 2.24) is 5.32 Å². The molecule has 0 aromatic heterocycles. The predicted molar refractivity (Wildman–Crippen MR) is 79.1 cm³/mol. The number of carbonyl (C=O) groups is 1. The molecule has 0 spiro atoms. The number of anilines is 1. The van der Waals surface area contributed by atoms with Gasteiger partial charge in [0, 0.05) is 11.7 Å². The third kappa shape index (κ3) is 2.03. The summed E-state index contributed by atoms with van der Waals surface area (Å²) >= 11 is 0. The molecule has 3 N–H and O–H groups in total. The minimum atomic E-state index is -0.418. The monoisotopic (exact) mass is 288 g/mol. The van der Waals surface area contributed by atoms with Crippen molar-refractivity contribution in [3.63, 3.8) is 0 Å². The predicted octanol–water partition coefficient (Wildman–Crippen LogP) is 2.96. The maximum atomic E-state index is 13.3. The fourth-order valence-electron chi connectivity index (χ4n) is 5.21. The lowest BCUT2D eigenvalue weighted by Gasteiger charge is -2.32. The smallest absolute Gasteiger partial charge is 0.253 e. The molecule has 3 aliphatic carbocycles. The first-order valence-corrected chi connectivity index (χ1v) is 7.99. The Balaban J connectivity index is 1.50. The second kappa shape index (κ2) is 4.72. The summed E-state index contributed by atoms with van der Waals surface area (Å²) in [6, 6.07) is 4.23. The van der Waals surface area contributed by atoms with E-state index in [2.05, 4.69) is 5.32 Å². The molecular weight excluding hydrogens is 267 g/mol. The average Bonchev–Trinajstić information content (AvgIpc) is 3.13. The van der Waals surface area contributed by atoms with Crippen molar-refractivity contribution in [2.24, 2.45) is 23.7 Å². The highest BCUT2D eigenvalue weighted by atomic mass is 19.1. The molecule has 2 bridgehead atoms. The van der Waals surface area contributed by atoms with Gasteiger partial charge in [0.1, 0.15) is 5.82 Å². The van der Waals surface area contributed by atoms with Gasteiger partial charge >= 0.3 is 0 Å². The van der Waals surface area contributed by atoms with Crippen LogP contribution in [-0.2, 0) is 0 Å². The first-order valence-electron chi connectivity index (χ1n) is 7.99. The second-order valence-corrected chi connectivity index (χ2v) is 6.97. The van der Waals surface area contributed by atoms with E-state index in [1.165, 1.54) is 43.9 Å². The van der Waals surface area contributed by atoms with Crippen molar-refractivity contribution in [2.75, 3.05) is 5.73 Å². The number of rotatable bonds is 2. The molecule has 3 fully saturated rings. The van der Waals surface area contributed by atoms with Crippen LogP contribution in [0.2, 0.25) is 0 Å². The van der Waals surface area contributed by atoms with Gasteiger partial charge in [-0.3, -0.25) is 4.79 Å². The lowest BCUT2D eigenvalue weighted by atomic mass is 9.79. The Kier molecular flexibility index (Phi) is 2.95. The number of carbonyl (C=O) groups excluding carboxylic acids is 1. The molecule has 4 rings (SSSR count). The molecule has 5 atom stereocenters. The Labute approximate surface area is 124 Å². The van der Waals surface area contributed by atoms with Crippen molar-refractivity contribution in [3.8, 4) is 0 Å². The van der Waals surface area contributed by atoms with Crippen LogP contribution < -0.4 is 11.1 Å². The van der Waals surface area contributed by atoms with Crippen LogP contribution in [0.15, 0.2) is 18.2 Å². The number of halogens is 1. The average molecular weight is 288 g/mol. The van der Waals surface area contributed by atoms with E-state index in [0.29, 0.717) is 11.6 Å². The number of nitrogens with two attached hydrogens (primary N) is 1. The highest BCUT2D eigenvalue weighted by molar-refractivity contribution is 5.99. The molecule has 1 amide bonds. The summed E-state index contributed by atoms with van der Waals surface area (Å²) in [6.45, 7) is 0. The van der Waals surface area contributed by atoms with Gasteiger partial charge in [-0.2, -0.15) is 0 Å². The van der Waals surface area contributed by atoms with Crippen molar-refractivity contribution in [1.29, 1.82) is 0 Å². The van der Waals surface area contributed by atoms with Gasteiger partial charge in [0.05, 0.1) is 5.56 Å². The zero-order valence-corrected chi connectivity index (χ0v) is 12.0. The molecule has 3 nitrogen and oxygen atoms in total. The Morgan fingerprint density at radius 1 is 1.19 bits per heavy atom. The summed E-state index contributed by atoms with van der Waals surface area (Å²) < 4.78 is 13.3. The van der Waals surface area contributed by atoms with Crippen molar-refractivity contribution in [3.05, 3.63) is 29.6 Å². The van der Waals surface area contributed by atoms with E-state index in [9.17, 15) is 9.18 Å². The van der Waals surface area contributed by atoms with E-state index in [-0.39, 0.29) is 17.5 Å². The number of fused-ring (bicyclic) bond motifs is 5. The van der Waals surface area contributed by atoms with Crippen LogP contribution in [0, 0.1) is 29.5 Å². The normalized spacial score (nSPS) is 36.7. The van der Waals surface area contributed by atoms with Crippen LogP contribution in [0.3, 0.4) is 0 Å². The van der Waals surface area contributed by atoms with Crippen LogP contribution >= 0.6 is 0 Å². The lowest BCUT2D eigenvalue weighted by Crippen LogP contribution is -2.42. The standard InChI is InChI=1S/C17H21FN2O/c18-10-4-5-15(19)14(8-10)17(21)20-16-7-9-6-13(16)12-3-1-2-11(9)12/h4-5,8-9,11-13,16H,1-3,6-7,19H2,(H,20,21). The Hall–Kier alpha value is -1.58. The Morgan fingerprint density at radius 3 is 2.86 bits per heavy atom. The molecule has 4 heteroatoms. The summed E-state index contributed by atoms with van der Waals surface area (Å²) in [5.74, 6) is 2.48. The minimum Gasteiger partial charge on any atom is -0.398 e. The molecule has 1 aromatic carbocycles. The molecule has 0 saturated heterocycles. The van der Waals surface area contributed by atoms with Gasteiger partial charge in [-0.25, -0.2) is 4.39 Å². The van der Waals surface area contributed by atoms with E-state index < -0.39 is 5.82 Å². The van der Waals surface area contributed by atoms with E-state index >= 15 is 0 Å². The molecule has 3 saturated carbocycles. The maximum absolute atomic E-state index is 13.3. The van der Waals surface area contributed by atoms with Crippen LogP contribution in [-0.4, -0.2) is 11.9 Å². The lowest BCUT2D eigenvalue weighted by molar-refractivity contribution is 0.0901. The summed E-state index contributed by atoms with van der Waals surface area (Å²) in [4.78, 5) is 12.4. The number of benzene rings is 1. The zero-order valence-electron chi connectivity index (χ0n) is 12.0. The molecule has 112 valence electrons. The molecular formula is C17H21FN2O. The Morgan fingerprint density at radius 2 is 2.00 bits per heavy atom. The van der Waals surface area contributed by atoms with Gasteiger partial charge in [0.2, 0.25) is 0 Å². The zero-order chi connectivity index (χ0) is 14.6. The number of amides is 1. The van der Waals surface area contributed by atoms with Crippen molar-refractivity contribution < 1.29 is 9.18 Å². The van der Waals surface area contributed by atoms with E-state index in [1.807, 2.05) is 0 Å². The topological polar surface area (TPSA) is 55.1 Å². The van der Waals surface area contributed by atoms with Crippen LogP contribution in [0.4, 0.5) is 10.1 Å². The summed E-state index contributed by atoms with van der Waals surface area (Å²) in [5, 5.41) is 3.12. The molecule has 0 radical (unpaired) electrons. The molecule has 3 aliphatic rings. The van der Waals surface area contributed by atoms with Crippen LogP contribution in [0.25, 0.3) is 0 Å². The highest BCUT2D eigenvalue weighted by Crippen LogP contribution is 2.58. The molecule has 0 aliphatic heterocycles. The van der Waals surface area contributed by atoms with Gasteiger partial charge in [-0.15, -0.1) is 0 Å². The highest BCUT2D eigenvalue weighted by Gasteiger charge is 2.54. The number of nitrogens with one attached hydrogen (secondary N) is 1. The summed E-state index contributed by atoms with van der Waals surface area (Å²) in [5.41, 5.74) is 6.41. The third-order valence-electron chi connectivity index (χ3n) is 6.01. The van der Waals surface area contributed by atoms with Crippen molar-refractivity contribution >= 4 is 11.6 Å². The molecule has 1 aromatic rings. The molecule has 5 unspecified atom stereocenters. The third-order valence-corrected chi connectivity index (χ3v) is 6.01. The van der Waals surface area contributed by atoms with Gasteiger partial charge in [0.15, 0.2) is 0 Å². The quantitative estimate of drug-likeness (QED) is 0.822. The van der Waals surface area contributed by atoms with Gasteiger partial charge in [0.25, 0.3) is 5.91 Å². The fraction of sp³-hybridized carbons (Fsp3) is 0.588. The summed E-state index contributed by atoms with van der Waals surface area (Å²) in [6.07, 6.45) is 6.40. The first kappa shape index (κ1) is 13.1. The van der Waals surface area contributed by atoms with Crippen LogP contribution in [0.1, 0.15) is 42.5 Å². The van der Waals surface area contributed by atoms with Gasteiger partial charge in [-0.1, -0.05) is 6.42 Å². The van der Waals surface area contributed by atoms with Crippen LogP contribution in [0.5, 0.6) is 0 Å². The molecule has 0 heterocycles. The van der Waals surface area contributed by atoms with Gasteiger partial charge < -0.3 is 11.1 Å². The fourth-order valence-corrected chi connectivity index (χ4v) is 5.21. The van der Waals surface area contributed by atoms with E-state index in [0.717, 1.165) is 24.2 Å². The van der Waals surface area contributed by atoms with E-state index in [4.69, 9.17) is 5.73 Å². The second-order valence-electron chi connectivity index (χ2n) is 6.97. The number of nitrogen functional groups attached to an aromatic ring is 1. The SMILES string of the molecule is Nc1ccc(F)cc1C(=O)NC1CC2CC1C1CCCC21.